The van der Waals surface area contributed by atoms with Gasteiger partial charge in [-0.3, -0.25) is 4.79 Å². The molecular formula is C23H29N3O4. The number of ether oxygens (including phenoxy) is 3. The Kier molecular flexibility index (Phi) is 5.89. The van der Waals surface area contributed by atoms with Gasteiger partial charge in [-0.05, 0) is 37.8 Å². The van der Waals surface area contributed by atoms with Crippen LogP contribution in [0.1, 0.15) is 31.2 Å². The highest BCUT2D eigenvalue weighted by atomic mass is 16.7. The molecule has 1 aliphatic heterocycles. The fraction of sp³-hybridized carbons (Fsp3) is 0.522. The fourth-order valence-corrected chi connectivity index (χ4v) is 3.23. The third-order valence-electron chi connectivity index (χ3n) is 5.71. The summed E-state index contributed by atoms with van der Waals surface area (Å²) in [6.07, 6.45) is 5.86. The number of methoxy groups -OCH3 is 1. The van der Waals surface area contributed by atoms with E-state index in [0.717, 1.165) is 31.6 Å². The zero-order valence-electron chi connectivity index (χ0n) is 17.6. The number of amides is 1. The highest BCUT2D eigenvalue weighted by molar-refractivity contribution is 6.04. The van der Waals surface area contributed by atoms with E-state index < -0.39 is 0 Å². The molecule has 0 bridgehead atoms. The van der Waals surface area contributed by atoms with Crippen LogP contribution >= 0.6 is 0 Å². The molecule has 1 spiro atoms. The van der Waals surface area contributed by atoms with Crippen LogP contribution in [0.5, 0.6) is 5.75 Å². The van der Waals surface area contributed by atoms with Crippen molar-refractivity contribution in [3.05, 3.63) is 35.7 Å². The first-order valence-electron chi connectivity index (χ1n) is 10.4. The number of hydrogen-bond donors (Lipinski definition) is 2. The number of likely N-dealkylation sites (N-methyl/N-ethyl adjacent to an activating group) is 1. The van der Waals surface area contributed by atoms with E-state index in [1.165, 1.54) is 23.9 Å². The van der Waals surface area contributed by atoms with Gasteiger partial charge >= 0.3 is 0 Å². The van der Waals surface area contributed by atoms with Crippen LogP contribution in [-0.2, 0) is 14.3 Å². The minimum atomic E-state index is -0.320. The molecule has 1 amide bonds. The summed E-state index contributed by atoms with van der Waals surface area (Å²) in [5.74, 6) is 7.23. The monoisotopic (exact) mass is 411 g/mol. The molecule has 1 saturated heterocycles. The Labute approximate surface area is 177 Å². The van der Waals surface area contributed by atoms with Crippen LogP contribution in [0, 0.1) is 23.2 Å². The number of nitrogens with one attached hydrogen (secondary N) is 1. The fourth-order valence-electron chi connectivity index (χ4n) is 3.23. The first-order chi connectivity index (χ1) is 14.5. The Hall–Kier alpha value is -2.69. The largest absolute Gasteiger partial charge is 0.497 e. The van der Waals surface area contributed by atoms with Crippen LogP contribution in [0.3, 0.4) is 0 Å². The van der Waals surface area contributed by atoms with Crippen molar-refractivity contribution < 1.29 is 19.0 Å². The van der Waals surface area contributed by atoms with Crippen molar-refractivity contribution in [1.29, 1.82) is 0 Å². The summed E-state index contributed by atoms with van der Waals surface area (Å²) in [6.45, 7) is 1.91. The third-order valence-corrected chi connectivity index (χ3v) is 5.71. The standard InChI is InChI=1S/C23H29N3O4/c1-26(18-9-17(6-5-16-3-4-16)10-19(11-18)28-2)22(27)20(24)12-25-13-21-29-14-23(7-8-23)15-30-21/h9-12,16,21,25H,3-4,7-8,13-15,24H2,1-2H3/b20-12-. The van der Waals surface area contributed by atoms with E-state index in [0.29, 0.717) is 23.9 Å². The molecule has 1 heterocycles. The molecule has 2 saturated carbocycles. The van der Waals surface area contributed by atoms with Gasteiger partial charge in [-0.1, -0.05) is 11.8 Å². The average molecular weight is 412 g/mol. The molecule has 0 atom stereocenters. The number of carbonyl (C=O) groups is 1. The topological polar surface area (TPSA) is 86.1 Å². The van der Waals surface area contributed by atoms with Gasteiger partial charge in [0.15, 0.2) is 6.29 Å². The van der Waals surface area contributed by atoms with E-state index in [9.17, 15) is 4.79 Å². The number of rotatable bonds is 6. The minimum absolute atomic E-state index is 0.0976. The molecule has 4 rings (SSSR count). The maximum absolute atomic E-state index is 12.8. The van der Waals surface area contributed by atoms with Crippen molar-refractivity contribution in [3.8, 4) is 17.6 Å². The lowest BCUT2D eigenvalue weighted by atomic mass is 10.1. The molecule has 7 heteroatoms. The van der Waals surface area contributed by atoms with Gasteiger partial charge in [0.25, 0.3) is 5.91 Å². The van der Waals surface area contributed by atoms with Crippen molar-refractivity contribution in [2.45, 2.75) is 32.0 Å². The van der Waals surface area contributed by atoms with Crippen molar-refractivity contribution in [2.75, 3.05) is 38.8 Å². The molecule has 0 unspecified atom stereocenters. The van der Waals surface area contributed by atoms with E-state index >= 15 is 0 Å². The maximum Gasteiger partial charge on any atom is 0.275 e. The second-order valence-electron chi connectivity index (χ2n) is 8.39. The van der Waals surface area contributed by atoms with Crippen molar-refractivity contribution in [3.63, 3.8) is 0 Å². The van der Waals surface area contributed by atoms with Crippen molar-refractivity contribution >= 4 is 11.6 Å². The van der Waals surface area contributed by atoms with Gasteiger partial charge in [0.1, 0.15) is 11.4 Å². The highest BCUT2D eigenvalue weighted by Crippen LogP contribution is 2.48. The van der Waals surface area contributed by atoms with Crippen LogP contribution in [0.2, 0.25) is 0 Å². The molecule has 1 aromatic rings. The lowest BCUT2D eigenvalue weighted by molar-refractivity contribution is -0.203. The molecule has 3 aliphatic rings. The second-order valence-corrected chi connectivity index (χ2v) is 8.39. The number of anilines is 1. The Balaban J connectivity index is 1.35. The zero-order chi connectivity index (χ0) is 21.1. The van der Waals surface area contributed by atoms with Gasteiger partial charge in [-0.2, -0.15) is 0 Å². The second kappa shape index (κ2) is 8.58. The Bertz CT molecular complexity index is 883. The Morgan fingerprint density at radius 3 is 2.70 bits per heavy atom. The molecule has 0 radical (unpaired) electrons. The number of benzene rings is 1. The van der Waals surface area contributed by atoms with Crippen molar-refractivity contribution in [2.24, 2.45) is 17.1 Å². The van der Waals surface area contributed by atoms with E-state index in [1.807, 2.05) is 12.1 Å². The van der Waals surface area contributed by atoms with Gasteiger partial charge in [0.2, 0.25) is 0 Å². The van der Waals surface area contributed by atoms with Crippen LogP contribution in [-0.4, -0.2) is 46.1 Å². The molecule has 3 N–H and O–H groups in total. The van der Waals surface area contributed by atoms with E-state index in [2.05, 4.69) is 17.2 Å². The van der Waals surface area contributed by atoms with E-state index in [-0.39, 0.29) is 23.3 Å². The van der Waals surface area contributed by atoms with Gasteiger partial charge in [-0.25, -0.2) is 0 Å². The summed E-state index contributed by atoms with van der Waals surface area (Å²) >= 11 is 0. The quantitative estimate of drug-likeness (QED) is 0.550. The number of nitrogens with zero attached hydrogens (tertiary/aromatic N) is 1. The summed E-state index contributed by atoms with van der Waals surface area (Å²) in [7, 11) is 3.27. The van der Waals surface area contributed by atoms with Gasteiger partial charge in [-0.15, -0.1) is 0 Å². The predicted molar refractivity (Wildman–Crippen MR) is 114 cm³/mol. The van der Waals surface area contributed by atoms with Crippen LogP contribution in [0.15, 0.2) is 30.1 Å². The van der Waals surface area contributed by atoms with Crippen LogP contribution < -0.4 is 20.7 Å². The van der Waals surface area contributed by atoms with E-state index in [4.69, 9.17) is 19.9 Å². The molecule has 30 heavy (non-hydrogen) atoms. The van der Waals surface area contributed by atoms with Crippen LogP contribution in [0.25, 0.3) is 0 Å². The molecule has 2 aliphatic carbocycles. The first-order valence-corrected chi connectivity index (χ1v) is 10.4. The van der Waals surface area contributed by atoms with Gasteiger partial charge < -0.3 is 30.2 Å². The lowest BCUT2D eigenvalue weighted by Gasteiger charge is -2.29. The van der Waals surface area contributed by atoms with Crippen molar-refractivity contribution in [1.82, 2.24) is 5.32 Å². The minimum Gasteiger partial charge on any atom is -0.497 e. The Morgan fingerprint density at radius 1 is 1.33 bits per heavy atom. The van der Waals surface area contributed by atoms with E-state index in [1.54, 1.807) is 20.2 Å². The van der Waals surface area contributed by atoms with Gasteiger partial charge in [0.05, 0.1) is 26.9 Å². The average Bonchev–Trinajstić information content (AvgIpc) is 3.70. The molecule has 7 nitrogen and oxygen atoms in total. The normalized spacial score (nSPS) is 20.3. The number of nitrogens with two attached hydrogens (primary N) is 1. The zero-order valence-corrected chi connectivity index (χ0v) is 17.6. The Morgan fingerprint density at radius 2 is 2.07 bits per heavy atom. The molecule has 1 aromatic carbocycles. The maximum atomic E-state index is 12.8. The predicted octanol–water partition coefficient (Wildman–Crippen LogP) is 1.96. The molecule has 3 fully saturated rings. The summed E-state index contributed by atoms with van der Waals surface area (Å²) in [4.78, 5) is 14.2. The first kappa shape index (κ1) is 20.6. The summed E-state index contributed by atoms with van der Waals surface area (Å²) in [5, 5.41) is 3.03. The smallest absolute Gasteiger partial charge is 0.275 e. The summed E-state index contributed by atoms with van der Waals surface area (Å²) in [6, 6.07) is 5.53. The molecular weight excluding hydrogens is 382 g/mol. The van der Waals surface area contributed by atoms with Crippen LogP contribution in [0.4, 0.5) is 5.69 Å². The van der Waals surface area contributed by atoms with Gasteiger partial charge in [0, 0.05) is 41.9 Å². The number of hydrogen-bond acceptors (Lipinski definition) is 6. The third kappa shape index (κ3) is 5.07. The summed E-state index contributed by atoms with van der Waals surface area (Å²) < 4.78 is 16.8. The number of carbonyl (C=O) groups excluding carboxylic acids is 1. The lowest BCUT2D eigenvalue weighted by Crippen LogP contribution is -2.39. The molecule has 0 aromatic heterocycles. The summed E-state index contributed by atoms with van der Waals surface area (Å²) in [5.41, 5.74) is 7.86. The SMILES string of the molecule is COc1cc(C#CC2CC2)cc(N(C)C(=O)/C(N)=C/NCC2OCC3(CC3)CO2)c1. The molecule has 160 valence electrons. The highest BCUT2D eigenvalue weighted by Gasteiger charge is 2.46.